The van der Waals surface area contributed by atoms with E-state index < -0.39 is 5.79 Å². The van der Waals surface area contributed by atoms with Crippen molar-refractivity contribution in [1.82, 2.24) is 9.88 Å². The molecule has 138 valence electrons. The van der Waals surface area contributed by atoms with Gasteiger partial charge in [0.1, 0.15) is 0 Å². The lowest BCUT2D eigenvalue weighted by Crippen LogP contribution is -2.47. The molecule has 0 aliphatic carbocycles. The van der Waals surface area contributed by atoms with Crippen molar-refractivity contribution < 1.29 is 23.8 Å². The molecular formula is C16H23N3O5S. The number of nitrogens with one attached hydrogen (secondary N) is 1. The van der Waals surface area contributed by atoms with E-state index in [1.165, 1.54) is 11.3 Å². The SMILES string of the molecule is CCOC(=O)Cc1csc(NC(=O)CN2CCC3(CC2)OCCO3)n1. The summed E-state index contributed by atoms with van der Waals surface area (Å²) < 4.78 is 16.3. The van der Waals surface area contributed by atoms with Gasteiger partial charge in [-0.1, -0.05) is 0 Å². The minimum absolute atomic E-state index is 0.110. The zero-order valence-electron chi connectivity index (χ0n) is 14.3. The number of carbonyl (C=O) groups excluding carboxylic acids is 2. The molecule has 2 fully saturated rings. The largest absolute Gasteiger partial charge is 0.466 e. The molecule has 0 atom stereocenters. The number of nitrogens with zero attached hydrogens (tertiary/aromatic N) is 2. The van der Waals surface area contributed by atoms with Crippen molar-refractivity contribution in [1.29, 1.82) is 0 Å². The van der Waals surface area contributed by atoms with Gasteiger partial charge in [-0.15, -0.1) is 11.3 Å². The van der Waals surface area contributed by atoms with Gasteiger partial charge in [0.05, 0.1) is 38.5 Å². The summed E-state index contributed by atoms with van der Waals surface area (Å²) in [5.74, 6) is -0.852. The maximum atomic E-state index is 12.2. The van der Waals surface area contributed by atoms with Crippen molar-refractivity contribution in [3.63, 3.8) is 0 Å². The number of esters is 1. The molecule has 0 bridgehead atoms. The number of anilines is 1. The van der Waals surface area contributed by atoms with Crippen molar-refractivity contribution >= 4 is 28.3 Å². The highest BCUT2D eigenvalue weighted by atomic mass is 32.1. The molecule has 0 unspecified atom stereocenters. The molecule has 1 spiro atoms. The molecule has 0 radical (unpaired) electrons. The van der Waals surface area contributed by atoms with Gasteiger partial charge in [-0.25, -0.2) is 4.98 Å². The molecule has 9 heteroatoms. The number of thiazole rings is 1. The molecular weight excluding hydrogens is 346 g/mol. The zero-order chi connectivity index (χ0) is 17.7. The fourth-order valence-corrected chi connectivity index (χ4v) is 3.73. The highest BCUT2D eigenvalue weighted by Crippen LogP contribution is 2.31. The average Bonchev–Trinajstić information content (AvgIpc) is 3.20. The predicted octanol–water partition coefficient (Wildman–Crippen LogP) is 1.03. The molecule has 3 rings (SSSR count). The summed E-state index contributed by atoms with van der Waals surface area (Å²) in [5, 5.41) is 5.04. The van der Waals surface area contributed by atoms with Gasteiger partial charge < -0.3 is 19.5 Å². The Labute approximate surface area is 150 Å². The molecule has 8 nitrogen and oxygen atoms in total. The van der Waals surface area contributed by atoms with E-state index in [4.69, 9.17) is 14.2 Å². The van der Waals surface area contributed by atoms with E-state index in [1.54, 1.807) is 12.3 Å². The standard InChI is InChI=1S/C16H23N3O5S/c1-2-22-14(21)9-12-11-25-15(17-12)18-13(20)10-19-5-3-16(4-6-19)23-7-8-24-16/h11H,2-10H2,1H3,(H,17,18,20). The monoisotopic (exact) mass is 369 g/mol. The second-order valence-corrected chi connectivity index (χ2v) is 6.92. The van der Waals surface area contributed by atoms with E-state index in [9.17, 15) is 9.59 Å². The zero-order valence-corrected chi connectivity index (χ0v) is 15.1. The van der Waals surface area contributed by atoms with Gasteiger partial charge in [0.25, 0.3) is 0 Å². The second kappa shape index (κ2) is 8.22. The van der Waals surface area contributed by atoms with Crippen molar-refractivity contribution in [2.75, 3.05) is 44.8 Å². The normalized spacial score (nSPS) is 19.9. The van der Waals surface area contributed by atoms with Crippen molar-refractivity contribution in [3.8, 4) is 0 Å². The van der Waals surface area contributed by atoms with Crippen LogP contribution < -0.4 is 5.32 Å². The Kier molecular flexibility index (Phi) is 6.00. The van der Waals surface area contributed by atoms with Crippen LogP contribution in [0, 0.1) is 0 Å². The summed E-state index contributed by atoms with van der Waals surface area (Å²) in [7, 11) is 0. The number of aromatic nitrogens is 1. The average molecular weight is 369 g/mol. The quantitative estimate of drug-likeness (QED) is 0.749. The molecule has 1 aromatic rings. The number of ether oxygens (including phenoxy) is 3. The number of hydrogen-bond acceptors (Lipinski definition) is 8. The molecule has 0 saturated carbocycles. The lowest BCUT2D eigenvalue weighted by molar-refractivity contribution is -0.185. The van der Waals surface area contributed by atoms with E-state index in [0.29, 0.717) is 37.2 Å². The van der Waals surface area contributed by atoms with Crippen LogP contribution in [0.3, 0.4) is 0 Å². The first-order valence-corrected chi connectivity index (χ1v) is 9.37. The third-order valence-electron chi connectivity index (χ3n) is 4.23. The van der Waals surface area contributed by atoms with E-state index in [2.05, 4.69) is 15.2 Å². The Bertz CT molecular complexity index is 605. The Hall–Kier alpha value is -1.55. The lowest BCUT2D eigenvalue weighted by atomic mass is 10.0. The van der Waals surface area contributed by atoms with Gasteiger partial charge in [0.15, 0.2) is 10.9 Å². The Morgan fingerprint density at radius 1 is 1.36 bits per heavy atom. The van der Waals surface area contributed by atoms with Gasteiger partial charge >= 0.3 is 5.97 Å². The van der Waals surface area contributed by atoms with Crippen LogP contribution in [-0.4, -0.2) is 67.0 Å². The van der Waals surface area contributed by atoms with Gasteiger partial charge in [-0.3, -0.25) is 14.5 Å². The van der Waals surface area contributed by atoms with Crippen LogP contribution in [0.2, 0.25) is 0 Å². The van der Waals surface area contributed by atoms with Crippen LogP contribution in [0.1, 0.15) is 25.5 Å². The van der Waals surface area contributed by atoms with Gasteiger partial charge in [0.2, 0.25) is 5.91 Å². The molecule has 1 N–H and O–H groups in total. The molecule has 2 saturated heterocycles. The summed E-state index contributed by atoms with van der Waals surface area (Å²) >= 11 is 1.31. The molecule has 25 heavy (non-hydrogen) atoms. The fraction of sp³-hybridized carbons (Fsp3) is 0.688. The maximum Gasteiger partial charge on any atom is 0.311 e. The third-order valence-corrected chi connectivity index (χ3v) is 5.03. The number of piperidine rings is 1. The summed E-state index contributed by atoms with van der Waals surface area (Å²) in [6.07, 6.45) is 1.68. The summed E-state index contributed by atoms with van der Waals surface area (Å²) in [6, 6.07) is 0. The molecule has 3 heterocycles. The number of amides is 1. The predicted molar refractivity (Wildman–Crippen MR) is 91.4 cm³/mol. The molecule has 1 aromatic heterocycles. The number of likely N-dealkylation sites (tertiary alicyclic amines) is 1. The molecule has 1 amide bonds. The summed E-state index contributed by atoms with van der Waals surface area (Å²) in [4.78, 5) is 30.0. The first-order chi connectivity index (χ1) is 12.1. The van der Waals surface area contributed by atoms with Crippen LogP contribution >= 0.6 is 11.3 Å². The van der Waals surface area contributed by atoms with Gasteiger partial charge in [-0.05, 0) is 6.92 Å². The third kappa shape index (κ3) is 4.97. The van der Waals surface area contributed by atoms with Crippen LogP contribution in [0.5, 0.6) is 0 Å². The number of hydrogen-bond donors (Lipinski definition) is 1. The Morgan fingerprint density at radius 2 is 2.08 bits per heavy atom. The minimum atomic E-state index is -0.426. The van der Waals surface area contributed by atoms with Crippen LogP contribution in [0.25, 0.3) is 0 Å². The van der Waals surface area contributed by atoms with Crippen LogP contribution in [0.15, 0.2) is 5.38 Å². The van der Waals surface area contributed by atoms with Crippen molar-refractivity contribution in [3.05, 3.63) is 11.1 Å². The van der Waals surface area contributed by atoms with Gasteiger partial charge in [-0.2, -0.15) is 0 Å². The lowest BCUT2D eigenvalue weighted by Gasteiger charge is -2.37. The number of rotatable bonds is 6. The Morgan fingerprint density at radius 3 is 2.76 bits per heavy atom. The smallest absolute Gasteiger partial charge is 0.311 e. The number of carbonyl (C=O) groups is 2. The van der Waals surface area contributed by atoms with Crippen LogP contribution in [0.4, 0.5) is 5.13 Å². The van der Waals surface area contributed by atoms with Crippen LogP contribution in [-0.2, 0) is 30.2 Å². The molecule has 2 aliphatic rings. The molecule has 0 aromatic carbocycles. The van der Waals surface area contributed by atoms with E-state index in [0.717, 1.165) is 25.9 Å². The van der Waals surface area contributed by atoms with E-state index >= 15 is 0 Å². The molecule has 2 aliphatic heterocycles. The van der Waals surface area contributed by atoms with Crippen molar-refractivity contribution in [2.45, 2.75) is 32.0 Å². The first kappa shape index (κ1) is 18.2. The topological polar surface area (TPSA) is 90.0 Å². The van der Waals surface area contributed by atoms with Gasteiger partial charge in [0, 0.05) is 31.3 Å². The second-order valence-electron chi connectivity index (χ2n) is 6.06. The first-order valence-electron chi connectivity index (χ1n) is 8.49. The Balaban J connectivity index is 1.42. The van der Waals surface area contributed by atoms with E-state index in [-0.39, 0.29) is 18.3 Å². The highest BCUT2D eigenvalue weighted by Gasteiger charge is 2.39. The summed E-state index contributed by atoms with van der Waals surface area (Å²) in [5.41, 5.74) is 0.606. The van der Waals surface area contributed by atoms with E-state index in [1.807, 2.05) is 0 Å². The highest BCUT2D eigenvalue weighted by molar-refractivity contribution is 7.13. The fourth-order valence-electron chi connectivity index (χ4n) is 3.00. The maximum absolute atomic E-state index is 12.2. The minimum Gasteiger partial charge on any atom is -0.466 e. The summed E-state index contributed by atoms with van der Waals surface area (Å²) in [6.45, 7) is 5.25. The van der Waals surface area contributed by atoms with Crippen molar-refractivity contribution in [2.24, 2.45) is 0 Å².